The Kier molecular flexibility index (Phi) is 7.86. The number of carbonyl (C=O) groups is 4. The molecule has 41 heavy (non-hydrogen) atoms. The SMILES string of the molecule is CCOC(=O)[C@H]1[C@@H]2[C@@H](CC3(C)C(C(=O)OC)=C(C(=O)OC)ON13)C(=O)N(Cc1ccccc1)[C@H]2Cc1ccccc1. The first-order valence-corrected chi connectivity index (χ1v) is 13.7. The number of ether oxygens (including phenoxy) is 3. The van der Waals surface area contributed by atoms with Crippen molar-refractivity contribution in [1.29, 1.82) is 0 Å². The first-order valence-electron chi connectivity index (χ1n) is 13.7. The maximum atomic E-state index is 14.3. The lowest BCUT2D eigenvalue weighted by Gasteiger charge is -2.47. The number of benzene rings is 2. The number of methoxy groups -OCH3 is 2. The summed E-state index contributed by atoms with van der Waals surface area (Å²) in [5.41, 5.74) is 0.529. The summed E-state index contributed by atoms with van der Waals surface area (Å²) in [6.45, 7) is 3.83. The van der Waals surface area contributed by atoms with Gasteiger partial charge in [-0.1, -0.05) is 60.7 Å². The van der Waals surface area contributed by atoms with Crippen LogP contribution in [0.3, 0.4) is 0 Å². The number of hydrogen-bond acceptors (Lipinski definition) is 9. The normalized spacial score (nSPS) is 27.1. The van der Waals surface area contributed by atoms with Crippen LogP contribution in [0.15, 0.2) is 72.0 Å². The van der Waals surface area contributed by atoms with E-state index in [1.165, 1.54) is 19.3 Å². The number of piperidine rings is 1. The summed E-state index contributed by atoms with van der Waals surface area (Å²) in [6, 6.07) is 17.9. The predicted octanol–water partition coefficient (Wildman–Crippen LogP) is 2.81. The number of hydroxylamine groups is 2. The monoisotopic (exact) mass is 562 g/mol. The van der Waals surface area contributed by atoms with Gasteiger partial charge in [-0.15, -0.1) is 5.06 Å². The lowest BCUT2D eigenvalue weighted by atomic mass is 9.68. The minimum Gasteiger partial charge on any atom is -0.465 e. The molecule has 1 amide bonds. The van der Waals surface area contributed by atoms with Gasteiger partial charge in [0.1, 0.15) is 11.6 Å². The molecule has 0 spiro atoms. The fourth-order valence-electron chi connectivity index (χ4n) is 6.62. The van der Waals surface area contributed by atoms with Crippen LogP contribution in [0.4, 0.5) is 0 Å². The van der Waals surface area contributed by atoms with Gasteiger partial charge in [-0.05, 0) is 37.8 Å². The molecule has 0 aliphatic carbocycles. The number of esters is 3. The molecule has 0 radical (unpaired) electrons. The number of likely N-dealkylation sites (tertiary alicyclic amines) is 1. The lowest BCUT2D eigenvalue weighted by Crippen LogP contribution is -2.63. The summed E-state index contributed by atoms with van der Waals surface area (Å²) >= 11 is 0. The molecule has 5 atom stereocenters. The predicted molar refractivity (Wildman–Crippen MR) is 145 cm³/mol. The van der Waals surface area contributed by atoms with Gasteiger partial charge in [0.2, 0.25) is 11.7 Å². The van der Waals surface area contributed by atoms with Crippen LogP contribution in [-0.4, -0.2) is 72.2 Å². The number of rotatable bonds is 8. The summed E-state index contributed by atoms with van der Waals surface area (Å²) in [6.07, 6.45) is 0.607. The van der Waals surface area contributed by atoms with Gasteiger partial charge >= 0.3 is 17.9 Å². The molecule has 3 aliphatic rings. The maximum Gasteiger partial charge on any atom is 0.376 e. The van der Waals surface area contributed by atoms with Gasteiger partial charge in [0.15, 0.2) is 0 Å². The van der Waals surface area contributed by atoms with Crippen LogP contribution in [0.1, 0.15) is 31.4 Å². The summed E-state index contributed by atoms with van der Waals surface area (Å²) in [5.74, 6) is -4.00. The molecule has 0 aromatic heterocycles. The second-order valence-corrected chi connectivity index (χ2v) is 10.7. The van der Waals surface area contributed by atoms with E-state index in [4.69, 9.17) is 19.0 Å². The first kappa shape index (κ1) is 28.4. The van der Waals surface area contributed by atoms with E-state index < -0.39 is 47.4 Å². The number of carbonyl (C=O) groups excluding carboxylic acids is 4. The van der Waals surface area contributed by atoms with Gasteiger partial charge in [0, 0.05) is 24.4 Å². The van der Waals surface area contributed by atoms with Crippen molar-refractivity contribution in [3.63, 3.8) is 0 Å². The molecule has 2 saturated heterocycles. The van der Waals surface area contributed by atoms with Crippen LogP contribution in [0.2, 0.25) is 0 Å². The van der Waals surface area contributed by atoms with Crippen LogP contribution in [0.5, 0.6) is 0 Å². The zero-order chi connectivity index (χ0) is 29.3. The van der Waals surface area contributed by atoms with Crippen LogP contribution in [-0.2, 0) is 51.2 Å². The summed E-state index contributed by atoms with van der Waals surface area (Å²) in [7, 11) is 2.37. The number of amides is 1. The van der Waals surface area contributed by atoms with Crippen molar-refractivity contribution in [3.05, 3.63) is 83.1 Å². The highest BCUT2D eigenvalue weighted by molar-refractivity contribution is 6.02. The number of hydrogen-bond donors (Lipinski definition) is 0. The molecule has 0 bridgehead atoms. The Bertz CT molecular complexity index is 1360. The van der Waals surface area contributed by atoms with Gasteiger partial charge in [-0.25, -0.2) is 9.59 Å². The molecule has 2 aromatic rings. The van der Waals surface area contributed by atoms with Crippen molar-refractivity contribution in [2.24, 2.45) is 11.8 Å². The highest BCUT2D eigenvalue weighted by Crippen LogP contribution is 2.54. The molecule has 2 aromatic carbocycles. The van der Waals surface area contributed by atoms with Crippen molar-refractivity contribution < 1.29 is 38.2 Å². The standard InChI is InChI=1S/C31H34N2O8/c1-5-40-29(36)25-23-21(17-31(2)24(28(35)38-3)26(30(37)39-4)41-33(25)31)27(34)32(18-20-14-10-7-11-15-20)22(23)16-19-12-8-6-9-13-19/h6-15,21-23,25H,5,16-18H2,1-4H3/t21-,22+,23-,25-,31?/m1/s1. The average molecular weight is 563 g/mol. The zero-order valence-electron chi connectivity index (χ0n) is 23.6. The second kappa shape index (κ2) is 11.4. The van der Waals surface area contributed by atoms with E-state index in [-0.39, 0.29) is 30.3 Å². The average Bonchev–Trinajstić information content (AvgIpc) is 3.42. The van der Waals surface area contributed by atoms with Crippen LogP contribution < -0.4 is 0 Å². The molecule has 10 nitrogen and oxygen atoms in total. The molecule has 3 aliphatic heterocycles. The molecular weight excluding hydrogens is 528 g/mol. The van der Waals surface area contributed by atoms with Crippen molar-refractivity contribution in [2.75, 3.05) is 20.8 Å². The summed E-state index contributed by atoms with van der Waals surface area (Å²) in [4.78, 5) is 61.8. The van der Waals surface area contributed by atoms with Crippen LogP contribution >= 0.6 is 0 Å². The highest BCUT2D eigenvalue weighted by atomic mass is 16.7. The van der Waals surface area contributed by atoms with E-state index >= 15 is 0 Å². The molecule has 5 rings (SSSR count). The highest BCUT2D eigenvalue weighted by Gasteiger charge is 2.68. The van der Waals surface area contributed by atoms with E-state index in [1.807, 2.05) is 65.6 Å². The first-order chi connectivity index (χ1) is 19.7. The van der Waals surface area contributed by atoms with Gasteiger partial charge in [0.05, 0.1) is 26.4 Å². The smallest absolute Gasteiger partial charge is 0.376 e. The molecule has 1 unspecified atom stereocenters. The van der Waals surface area contributed by atoms with Crippen LogP contribution in [0.25, 0.3) is 0 Å². The largest absolute Gasteiger partial charge is 0.465 e. The molecule has 2 fully saturated rings. The zero-order valence-corrected chi connectivity index (χ0v) is 23.6. The van der Waals surface area contributed by atoms with Gasteiger partial charge in [-0.2, -0.15) is 0 Å². The Morgan fingerprint density at radius 2 is 1.56 bits per heavy atom. The van der Waals surface area contributed by atoms with Crippen LogP contribution in [0, 0.1) is 11.8 Å². The van der Waals surface area contributed by atoms with Crippen molar-refractivity contribution in [3.8, 4) is 0 Å². The Morgan fingerprint density at radius 3 is 2.15 bits per heavy atom. The van der Waals surface area contributed by atoms with Gasteiger partial charge in [-0.3, -0.25) is 9.59 Å². The lowest BCUT2D eigenvalue weighted by molar-refractivity contribution is -0.231. The van der Waals surface area contributed by atoms with Gasteiger partial charge in [0.25, 0.3) is 0 Å². The number of fused-ring (bicyclic) bond motifs is 2. The summed E-state index contributed by atoms with van der Waals surface area (Å²) < 4.78 is 15.5. The Morgan fingerprint density at radius 1 is 0.951 bits per heavy atom. The Hall–Kier alpha value is -4.18. The molecule has 216 valence electrons. The van der Waals surface area contributed by atoms with E-state index in [1.54, 1.807) is 13.8 Å². The minimum absolute atomic E-state index is 0.0893. The summed E-state index contributed by atoms with van der Waals surface area (Å²) in [5, 5.41) is 1.36. The molecule has 10 heteroatoms. The fraction of sp³-hybridized carbons (Fsp3) is 0.419. The minimum atomic E-state index is -1.34. The van der Waals surface area contributed by atoms with E-state index in [0.29, 0.717) is 13.0 Å². The van der Waals surface area contributed by atoms with Crippen molar-refractivity contribution in [2.45, 2.75) is 50.9 Å². The third-order valence-corrected chi connectivity index (χ3v) is 8.36. The Labute approximate surface area is 238 Å². The third kappa shape index (κ3) is 4.86. The van der Waals surface area contributed by atoms with Gasteiger partial charge < -0.3 is 23.9 Å². The Balaban J connectivity index is 1.64. The molecular formula is C31H34N2O8. The van der Waals surface area contributed by atoms with E-state index in [9.17, 15) is 19.2 Å². The maximum absolute atomic E-state index is 14.3. The van der Waals surface area contributed by atoms with E-state index in [0.717, 1.165) is 11.1 Å². The van der Waals surface area contributed by atoms with Crippen molar-refractivity contribution >= 4 is 23.8 Å². The molecule has 3 heterocycles. The van der Waals surface area contributed by atoms with E-state index in [2.05, 4.69) is 0 Å². The topological polar surface area (TPSA) is 112 Å². The fourth-order valence-corrected chi connectivity index (χ4v) is 6.62. The third-order valence-electron chi connectivity index (χ3n) is 8.36. The second-order valence-electron chi connectivity index (χ2n) is 10.7. The molecule has 0 saturated carbocycles. The van der Waals surface area contributed by atoms with Crippen molar-refractivity contribution in [1.82, 2.24) is 9.96 Å². The molecule has 0 N–H and O–H groups in total. The number of nitrogens with zero attached hydrogens (tertiary/aromatic N) is 2. The quantitative estimate of drug-likeness (QED) is 0.354.